The van der Waals surface area contributed by atoms with Crippen LogP contribution in [0.2, 0.25) is 0 Å². The molecule has 0 atom stereocenters. The number of anilines is 1. The normalized spacial score (nSPS) is 10.3. The number of Topliss-reactive ketones (excluding diaryl/α,β-unsaturated/α-hetero) is 1. The maximum atomic E-state index is 11.9. The van der Waals surface area contributed by atoms with Gasteiger partial charge in [-0.15, -0.1) is 0 Å². The standard InChI is InChI=1S/C15H15N3O5S/c1-8-6-11(4-5-12(8)18(21)22)23-7-13(20)17-15-16-9(2)14(24-15)10(3)19/h4-6H,7H2,1-3H3,(H,16,17,20). The topological polar surface area (TPSA) is 111 Å². The Morgan fingerprint density at radius 1 is 1.38 bits per heavy atom. The Bertz CT molecular complexity index is 815. The van der Waals surface area contributed by atoms with E-state index in [4.69, 9.17) is 4.74 Å². The minimum absolute atomic E-state index is 0.0122. The van der Waals surface area contributed by atoms with E-state index < -0.39 is 10.8 Å². The minimum Gasteiger partial charge on any atom is -0.484 e. The van der Waals surface area contributed by atoms with Crippen molar-refractivity contribution in [2.75, 3.05) is 11.9 Å². The van der Waals surface area contributed by atoms with Gasteiger partial charge in [0.1, 0.15) is 5.75 Å². The van der Waals surface area contributed by atoms with Crippen molar-refractivity contribution in [2.45, 2.75) is 20.8 Å². The van der Waals surface area contributed by atoms with Crippen LogP contribution in [0.5, 0.6) is 5.75 Å². The number of benzene rings is 1. The molecule has 1 aromatic carbocycles. The largest absolute Gasteiger partial charge is 0.484 e. The highest BCUT2D eigenvalue weighted by atomic mass is 32.1. The zero-order valence-corrected chi connectivity index (χ0v) is 14.1. The molecule has 2 aromatic rings. The average molecular weight is 349 g/mol. The lowest BCUT2D eigenvalue weighted by Gasteiger charge is -2.06. The third kappa shape index (κ3) is 4.13. The summed E-state index contributed by atoms with van der Waals surface area (Å²) in [4.78, 5) is 38.1. The quantitative estimate of drug-likeness (QED) is 0.487. The summed E-state index contributed by atoms with van der Waals surface area (Å²) in [6.07, 6.45) is 0. The van der Waals surface area contributed by atoms with E-state index in [1.807, 2.05) is 0 Å². The van der Waals surface area contributed by atoms with Crippen LogP contribution < -0.4 is 10.1 Å². The zero-order valence-electron chi connectivity index (χ0n) is 13.3. The summed E-state index contributed by atoms with van der Waals surface area (Å²) in [6, 6.07) is 4.25. The molecule has 8 nitrogen and oxygen atoms in total. The van der Waals surface area contributed by atoms with Crippen molar-refractivity contribution in [2.24, 2.45) is 0 Å². The summed E-state index contributed by atoms with van der Waals surface area (Å²) in [5.41, 5.74) is 0.996. The molecular weight excluding hydrogens is 334 g/mol. The first-order chi connectivity index (χ1) is 11.3. The fourth-order valence-electron chi connectivity index (χ4n) is 2.00. The molecule has 0 aliphatic heterocycles. The van der Waals surface area contributed by atoms with Gasteiger partial charge >= 0.3 is 0 Å². The number of ether oxygens (including phenoxy) is 1. The number of nitro groups is 1. The van der Waals surface area contributed by atoms with Crippen LogP contribution in [0.1, 0.15) is 27.9 Å². The van der Waals surface area contributed by atoms with Crippen molar-refractivity contribution >= 4 is 33.8 Å². The maximum absolute atomic E-state index is 11.9. The van der Waals surface area contributed by atoms with E-state index in [-0.39, 0.29) is 18.1 Å². The van der Waals surface area contributed by atoms with Crippen molar-refractivity contribution in [3.63, 3.8) is 0 Å². The minimum atomic E-state index is -0.483. The molecule has 0 saturated heterocycles. The molecule has 1 heterocycles. The van der Waals surface area contributed by atoms with E-state index in [0.29, 0.717) is 27.0 Å². The molecular formula is C15H15N3O5S. The van der Waals surface area contributed by atoms with Crippen molar-refractivity contribution in [3.8, 4) is 5.75 Å². The molecule has 1 amide bonds. The molecule has 0 saturated carbocycles. The predicted octanol–water partition coefficient (Wildman–Crippen LogP) is 2.89. The lowest BCUT2D eigenvalue weighted by molar-refractivity contribution is -0.385. The maximum Gasteiger partial charge on any atom is 0.272 e. The number of carbonyl (C=O) groups is 2. The van der Waals surface area contributed by atoms with E-state index in [1.54, 1.807) is 13.8 Å². The second kappa shape index (κ2) is 7.18. The Kier molecular flexibility index (Phi) is 5.24. The molecule has 24 heavy (non-hydrogen) atoms. The van der Waals surface area contributed by atoms with Gasteiger partial charge in [0.05, 0.1) is 15.5 Å². The Labute approximate surface area is 141 Å². The Balaban J connectivity index is 1.96. The molecule has 9 heteroatoms. The molecule has 1 aromatic heterocycles. The lowest BCUT2D eigenvalue weighted by Crippen LogP contribution is -2.20. The van der Waals surface area contributed by atoms with Crippen LogP contribution in [-0.2, 0) is 4.79 Å². The van der Waals surface area contributed by atoms with Gasteiger partial charge in [-0.25, -0.2) is 4.98 Å². The zero-order chi connectivity index (χ0) is 17.9. The molecule has 126 valence electrons. The van der Waals surface area contributed by atoms with Crippen LogP contribution in [0, 0.1) is 24.0 Å². The number of rotatable bonds is 6. The summed E-state index contributed by atoms with van der Waals surface area (Å²) >= 11 is 1.10. The first-order valence-electron chi connectivity index (χ1n) is 6.94. The highest BCUT2D eigenvalue weighted by Crippen LogP contribution is 2.24. The molecule has 1 N–H and O–H groups in total. The number of thiazole rings is 1. The number of nitrogens with one attached hydrogen (secondary N) is 1. The third-order valence-electron chi connectivity index (χ3n) is 3.10. The van der Waals surface area contributed by atoms with Gasteiger partial charge in [-0.05, 0) is 26.0 Å². The van der Waals surface area contributed by atoms with Gasteiger partial charge in [-0.3, -0.25) is 25.0 Å². The first-order valence-corrected chi connectivity index (χ1v) is 7.75. The van der Waals surface area contributed by atoms with E-state index in [0.717, 1.165) is 11.3 Å². The Hall–Kier alpha value is -2.81. The smallest absolute Gasteiger partial charge is 0.272 e. The number of nitro benzene ring substituents is 1. The number of ketones is 1. The van der Waals surface area contributed by atoms with Gasteiger partial charge in [-0.2, -0.15) is 0 Å². The molecule has 0 radical (unpaired) electrons. The number of hydrogen-bond acceptors (Lipinski definition) is 7. The van der Waals surface area contributed by atoms with Crippen molar-refractivity contribution in [1.29, 1.82) is 0 Å². The van der Waals surface area contributed by atoms with Crippen LogP contribution in [0.3, 0.4) is 0 Å². The van der Waals surface area contributed by atoms with Gasteiger partial charge < -0.3 is 4.74 Å². The van der Waals surface area contributed by atoms with Gasteiger partial charge in [0.2, 0.25) is 0 Å². The Morgan fingerprint density at radius 3 is 2.62 bits per heavy atom. The molecule has 0 bridgehead atoms. The van der Waals surface area contributed by atoms with Crippen molar-refractivity contribution < 1.29 is 19.2 Å². The number of carbonyl (C=O) groups excluding carboxylic acids is 2. The fraction of sp³-hybridized carbons (Fsp3) is 0.267. The van der Waals surface area contributed by atoms with Crippen LogP contribution in [0.25, 0.3) is 0 Å². The van der Waals surface area contributed by atoms with Crippen LogP contribution in [0.4, 0.5) is 10.8 Å². The fourth-order valence-corrected chi connectivity index (χ4v) is 2.88. The average Bonchev–Trinajstić information content (AvgIpc) is 2.85. The number of nitrogens with zero attached hydrogens (tertiary/aromatic N) is 2. The highest BCUT2D eigenvalue weighted by molar-refractivity contribution is 7.17. The van der Waals surface area contributed by atoms with E-state index in [2.05, 4.69) is 10.3 Å². The van der Waals surface area contributed by atoms with Crippen molar-refractivity contribution in [3.05, 3.63) is 44.4 Å². The molecule has 0 aliphatic rings. The van der Waals surface area contributed by atoms with Crippen molar-refractivity contribution in [1.82, 2.24) is 4.98 Å². The first kappa shape index (κ1) is 17.5. The summed E-state index contributed by atoms with van der Waals surface area (Å²) in [5.74, 6) is -0.189. The summed E-state index contributed by atoms with van der Waals surface area (Å²) in [5, 5.41) is 13.6. The third-order valence-corrected chi connectivity index (χ3v) is 4.27. The second-order valence-corrected chi connectivity index (χ2v) is 6.03. The number of hydrogen-bond donors (Lipinski definition) is 1. The molecule has 0 unspecified atom stereocenters. The molecule has 0 spiro atoms. The second-order valence-electron chi connectivity index (χ2n) is 5.03. The summed E-state index contributed by atoms with van der Waals surface area (Å²) in [6.45, 7) is 4.45. The molecule has 0 aliphatic carbocycles. The van der Waals surface area contributed by atoms with Gasteiger partial charge in [-0.1, -0.05) is 11.3 Å². The van der Waals surface area contributed by atoms with Gasteiger partial charge in [0.25, 0.3) is 11.6 Å². The van der Waals surface area contributed by atoms with E-state index >= 15 is 0 Å². The lowest BCUT2D eigenvalue weighted by atomic mass is 10.2. The SMILES string of the molecule is CC(=O)c1sc(NC(=O)COc2ccc([N+](=O)[O-])c(C)c2)nc1C. The van der Waals surface area contributed by atoms with Crippen LogP contribution >= 0.6 is 11.3 Å². The highest BCUT2D eigenvalue weighted by Gasteiger charge is 2.14. The van der Waals surface area contributed by atoms with Gasteiger partial charge in [0, 0.05) is 18.6 Å². The van der Waals surface area contributed by atoms with Crippen LogP contribution in [-0.4, -0.2) is 28.2 Å². The van der Waals surface area contributed by atoms with E-state index in [9.17, 15) is 19.7 Å². The molecule has 0 fully saturated rings. The van der Waals surface area contributed by atoms with E-state index in [1.165, 1.54) is 25.1 Å². The summed E-state index contributed by atoms with van der Waals surface area (Å²) < 4.78 is 5.32. The summed E-state index contributed by atoms with van der Waals surface area (Å²) in [7, 11) is 0. The number of aromatic nitrogens is 1. The van der Waals surface area contributed by atoms with Crippen LogP contribution in [0.15, 0.2) is 18.2 Å². The monoisotopic (exact) mass is 349 g/mol. The predicted molar refractivity (Wildman–Crippen MR) is 88.8 cm³/mol. The number of aryl methyl sites for hydroxylation is 2. The molecule has 2 rings (SSSR count). The van der Waals surface area contributed by atoms with Gasteiger partial charge in [0.15, 0.2) is 17.5 Å². The Morgan fingerprint density at radius 2 is 2.08 bits per heavy atom. The number of amides is 1.